The summed E-state index contributed by atoms with van der Waals surface area (Å²) in [7, 11) is 0. The maximum atomic E-state index is 9.78. The van der Waals surface area contributed by atoms with Crippen LogP contribution in [-0.4, -0.2) is 10.2 Å². The fourth-order valence-corrected chi connectivity index (χ4v) is 4.24. The number of phenolic OH excluding ortho intramolecular Hbond substituents is 2. The summed E-state index contributed by atoms with van der Waals surface area (Å²) in [5, 5.41) is 19.6. The summed E-state index contributed by atoms with van der Waals surface area (Å²) in [4.78, 5) is 0. The predicted octanol–water partition coefficient (Wildman–Crippen LogP) is 4.39. The molecule has 0 bridgehead atoms. The smallest absolute Gasteiger partial charge is 0.115 e. The average molecular weight is 292 g/mol. The van der Waals surface area contributed by atoms with E-state index in [0.29, 0.717) is 23.3 Å². The summed E-state index contributed by atoms with van der Waals surface area (Å²) >= 11 is 0. The third kappa shape index (κ3) is 1.87. The molecule has 0 heterocycles. The van der Waals surface area contributed by atoms with Gasteiger partial charge in [-0.05, 0) is 82.3 Å². The number of phenols is 2. The van der Waals surface area contributed by atoms with Gasteiger partial charge < -0.3 is 10.2 Å². The molecule has 112 valence electrons. The van der Waals surface area contributed by atoms with Gasteiger partial charge in [0, 0.05) is 0 Å². The number of fused-ring (bicyclic) bond motifs is 4. The molecule has 4 rings (SSSR count). The molecule has 2 aromatic rings. The molecule has 0 radical (unpaired) electrons. The van der Waals surface area contributed by atoms with E-state index in [-0.39, 0.29) is 0 Å². The van der Waals surface area contributed by atoms with Crippen LogP contribution in [0.4, 0.5) is 0 Å². The lowest BCUT2D eigenvalue weighted by Gasteiger charge is -2.36. The van der Waals surface area contributed by atoms with E-state index in [1.807, 2.05) is 12.1 Å². The van der Waals surface area contributed by atoms with Crippen molar-refractivity contribution in [1.29, 1.82) is 0 Å². The van der Waals surface area contributed by atoms with Crippen LogP contribution < -0.4 is 0 Å². The van der Waals surface area contributed by atoms with Crippen LogP contribution >= 0.6 is 0 Å². The SMILES string of the molecule is C[C@@H]1Cc2cc(O)ccc2C2=C1c1ccc(O)cc1C[C@H]2C. The predicted molar refractivity (Wildman–Crippen MR) is 88.8 cm³/mol. The largest absolute Gasteiger partial charge is 0.508 e. The minimum absolute atomic E-state index is 0.351. The van der Waals surface area contributed by atoms with Crippen LogP contribution in [0.25, 0.3) is 11.1 Å². The minimum atomic E-state index is 0.351. The van der Waals surface area contributed by atoms with Gasteiger partial charge in [-0.2, -0.15) is 0 Å². The van der Waals surface area contributed by atoms with E-state index in [9.17, 15) is 10.2 Å². The van der Waals surface area contributed by atoms with Gasteiger partial charge in [0.25, 0.3) is 0 Å². The Balaban J connectivity index is 2.00. The van der Waals surface area contributed by atoms with Gasteiger partial charge in [0.2, 0.25) is 0 Å². The molecular formula is C20H20O2. The third-order valence-electron chi connectivity index (χ3n) is 5.09. The van der Waals surface area contributed by atoms with Gasteiger partial charge in [-0.25, -0.2) is 0 Å². The van der Waals surface area contributed by atoms with Crippen molar-refractivity contribution in [2.24, 2.45) is 11.8 Å². The van der Waals surface area contributed by atoms with Crippen molar-refractivity contribution in [2.45, 2.75) is 26.7 Å². The van der Waals surface area contributed by atoms with Crippen LogP contribution in [-0.2, 0) is 12.8 Å². The number of benzene rings is 2. The lowest BCUT2D eigenvalue weighted by molar-refractivity contribution is 0.472. The van der Waals surface area contributed by atoms with Gasteiger partial charge in [-0.3, -0.25) is 0 Å². The van der Waals surface area contributed by atoms with Crippen molar-refractivity contribution in [3.8, 4) is 11.5 Å². The van der Waals surface area contributed by atoms with E-state index in [1.54, 1.807) is 12.1 Å². The van der Waals surface area contributed by atoms with Gasteiger partial charge in [0.15, 0.2) is 0 Å². The van der Waals surface area contributed by atoms with Gasteiger partial charge in [-0.1, -0.05) is 26.0 Å². The molecule has 0 aromatic heterocycles. The van der Waals surface area contributed by atoms with Crippen LogP contribution in [0.2, 0.25) is 0 Å². The maximum absolute atomic E-state index is 9.78. The highest BCUT2D eigenvalue weighted by Gasteiger charge is 2.33. The Kier molecular flexibility index (Phi) is 2.83. The molecule has 2 aliphatic carbocycles. The van der Waals surface area contributed by atoms with E-state index >= 15 is 0 Å². The second-order valence-corrected chi connectivity index (χ2v) is 6.72. The molecule has 0 saturated carbocycles. The zero-order valence-corrected chi connectivity index (χ0v) is 12.9. The summed E-state index contributed by atoms with van der Waals surface area (Å²) in [6.07, 6.45) is 1.91. The number of aromatic hydroxyl groups is 2. The Labute approximate surface area is 130 Å². The van der Waals surface area contributed by atoms with Crippen molar-refractivity contribution in [3.05, 3.63) is 58.7 Å². The second-order valence-electron chi connectivity index (χ2n) is 6.72. The van der Waals surface area contributed by atoms with Crippen molar-refractivity contribution in [2.75, 3.05) is 0 Å². The van der Waals surface area contributed by atoms with E-state index in [2.05, 4.69) is 26.0 Å². The van der Waals surface area contributed by atoms with Gasteiger partial charge >= 0.3 is 0 Å². The Morgan fingerprint density at radius 3 is 1.55 bits per heavy atom. The number of hydrogen-bond donors (Lipinski definition) is 2. The van der Waals surface area contributed by atoms with Gasteiger partial charge in [0.05, 0.1) is 0 Å². The highest BCUT2D eigenvalue weighted by Crippen LogP contribution is 2.49. The number of allylic oxidation sites excluding steroid dienone is 2. The normalized spacial score (nSPS) is 22.8. The maximum Gasteiger partial charge on any atom is 0.115 e. The van der Waals surface area contributed by atoms with Gasteiger partial charge in [0.1, 0.15) is 11.5 Å². The van der Waals surface area contributed by atoms with Crippen LogP contribution in [0, 0.1) is 11.8 Å². The molecule has 0 saturated heterocycles. The minimum Gasteiger partial charge on any atom is -0.508 e. The molecule has 2 N–H and O–H groups in total. The molecule has 2 atom stereocenters. The van der Waals surface area contributed by atoms with E-state index < -0.39 is 0 Å². The zero-order chi connectivity index (χ0) is 15.4. The van der Waals surface area contributed by atoms with E-state index in [0.717, 1.165) is 12.8 Å². The Hall–Kier alpha value is -2.22. The molecule has 0 amide bonds. The third-order valence-corrected chi connectivity index (χ3v) is 5.09. The van der Waals surface area contributed by atoms with Gasteiger partial charge in [-0.15, -0.1) is 0 Å². The monoisotopic (exact) mass is 292 g/mol. The summed E-state index contributed by atoms with van der Waals surface area (Å²) in [5.41, 5.74) is 7.92. The van der Waals surface area contributed by atoms with Crippen molar-refractivity contribution >= 4 is 11.1 Å². The molecule has 0 aliphatic heterocycles. The molecule has 2 heteroatoms. The molecule has 2 aliphatic rings. The van der Waals surface area contributed by atoms with Crippen molar-refractivity contribution < 1.29 is 10.2 Å². The first kappa shape index (κ1) is 13.4. The van der Waals surface area contributed by atoms with E-state index in [1.165, 1.54) is 33.4 Å². The molecule has 0 unspecified atom stereocenters. The van der Waals surface area contributed by atoms with Crippen LogP contribution in [0.1, 0.15) is 36.1 Å². The summed E-state index contributed by atoms with van der Waals surface area (Å²) in [5.74, 6) is 1.55. The highest BCUT2D eigenvalue weighted by molar-refractivity contribution is 5.97. The first-order valence-corrected chi connectivity index (χ1v) is 7.93. The fraction of sp³-hybridized carbons (Fsp3) is 0.300. The Bertz CT molecular complexity index is 734. The molecule has 0 fully saturated rings. The topological polar surface area (TPSA) is 40.5 Å². The second kappa shape index (κ2) is 4.64. The first-order valence-electron chi connectivity index (χ1n) is 7.93. The summed E-state index contributed by atoms with van der Waals surface area (Å²) in [6.45, 7) is 4.52. The Morgan fingerprint density at radius 1 is 0.727 bits per heavy atom. The zero-order valence-electron chi connectivity index (χ0n) is 12.9. The number of hydrogen-bond acceptors (Lipinski definition) is 2. The molecule has 22 heavy (non-hydrogen) atoms. The number of rotatable bonds is 0. The summed E-state index contributed by atoms with van der Waals surface area (Å²) in [6, 6.07) is 11.5. The highest BCUT2D eigenvalue weighted by atomic mass is 16.3. The molecule has 2 aromatic carbocycles. The van der Waals surface area contributed by atoms with Crippen LogP contribution in [0.5, 0.6) is 11.5 Å². The van der Waals surface area contributed by atoms with Crippen molar-refractivity contribution in [3.63, 3.8) is 0 Å². The van der Waals surface area contributed by atoms with Crippen LogP contribution in [0.3, 0.4) is 0 Å². The lowest BCUT2D eigenvalue weighted by Crippen LogP contribution is -2.22. The summed E-state index contributed by atoms with van der Waals surface area (Å²) < 4.78 is 0. The Morgan fingerprint density at radius 2 is 1.14 bits per heavy atom. The molecular weight excluding hydrogens is 272 g/mol. The standard InChI is InChI=1S/C20H20O2/c1-11-7-13-9-15(21)4-6-18(13)20-12(2)8-14-10-16(22)3-5-17(14)19(11)20/h3-6,9-12,21-22H,7-8H2,1-2H3/t11-,12-/m1/s1. The molecule has 0 spiro atoms. The molecule has 2 nitrogen and oxygen atoms in total. The first-order chi connectivity index (χ1) is 10.5. The van der Waals surface area contributed by atoms with E-state index in [4.69, 9.17) is 0 Å². The van der Waals surface area contributed by atoms with Crippen molar-refractivity contribution in [1.82, 2.24) is 0 Å². The average Bonchev–Trinajstić information content (AvgIpc) is 2.46. The lowest BCUT2D eigenvalue weighted by atomic mass is 9.68. The fourth-order valence-electron chi connectivity index (χ4n) is 4.24. The quantitative estimate of drug-likeness (QED) is 0.756. The van der Waals surface area contributed by atoms with Crippen LogP contribution in [0.15, 0.2) is 36.4 Å².